The number of rotatable bonds is 4. The number of nitrogens with one attached hydrogen (secondary N) is 2. The minimum Gasteiger partial charge on any atom is -0.434 e. The summed E-state index contributed by atoms with van der Waals surface area (Å²) >= 11 is 0. The molecule has 6 nitrogen and oxygen atoms in total. The SMILES string of the molecule is CCOC(=O)Oc1[nH]c2cc(C(F)(F)F)ccc2c1Nc1ccncc1. The van der Waals surface area contributed by atoms with E-state index < -0.39 is 17.9 Å². The first-order chi connectivity index (χ1) is 12.4. The van der Waals surface area contributed by atoms with Gasteiger partial charge in [-0.15, -0.1) is 0 Å². The van der Waals surface area contributed by atoms with Crippen molar-refractivity contribution in [3.63, 3.8) is 0 Å². The summed E-state index contributed by atoms with van der Waals surface area (Å²) in [6.07, 6.45) is -2.36. The Hall–Kier alpha value is -3.23. The summed E-state index contributed by atoms with van der Waals surface area (Å²) in [6, 6.07) is 6.54. The molecule has 2 aromatic heterocycles. The molecular weight excluding hydrogens is 351 g/mol. The van der Waals surface area contributed by atoms with Crippen molar-refractivity contribution in [2.75, 3.05) is 11.9 Å². The Morgan fingerprint density at radius 2 is 1.96 bits per heavy atom. The van der Waals surface area contributed by atoms with Crippen LogP contribution in [-0.2, 0) is 10.9 Å². The minimum absolute atomic E-state index is 0.0467. The smallest absolute Gasteiger partial charge is 0.434 e. The van der Waals surface area contributed by atoms with Gasteiger partial charge < -0.3 is 19.8 Å². The highest BCUT2D eigenvalue weighted by atomic mass is 19.4. The summed E-state index contributed by atoms with van der Waals surface area (Å²) in [6.45, 7) is 1.71. The van der Waals surface area contributed by atoms with Gasteiger partial charge in [-0.25, -0.2) is 4.79 Å². The largest absolute Gasteiger partial charge is 0.515 e. The van der Waals surface area contributed by atoms with Gasteiger partial charge in [0.05, 0.1) is 17.7 Å². The van der Waals surface area contributed by atoms with Gasteiger partial charge in [0.25, 0.3) is 0 Å². The number of alkyl halides is 3. The first-order valence-corrected chi connectivity index (χ1v) is 7.63. The van der Waals surface area contributed by atoms with Crippen LogP contribution >= 0.6 is 0 Å². The fraction of sp³-hybridized carbons (Fsp3) is 0.176. The maximum Gasteiger partial charge on any atom is 0.515 e. The third-order valence-electron chi connectivity index (χ3n) is 3.49. The van der Waals surface area contributed by atoms with E-state index in [1.807, 2.05) is 0 Å². The second-order valence-electron chi connectivity index (χ2n) is 5.23. The van der Waals surface area contributed by atoms with E-state index in [2.05, 4.69) is 15.3 Å². The highest BCUT2D eigenvalue weighted by Gasteiger charge is 2.31. The number of H-pyrrole nitrogens is 1. The average molecular weight is 365 g/mol. The molecule has 0 bridgehead atoms. The second-order valence-corrected chi connectivity index (χ2v) is 5.23. The average Bonchev–Trinajstić information content (AvgIpc) is 2.92. The number of ether oxygens (including phenoxy) is 2. The molecule has 0 saturated carbocycles. The van der Waals surface area contributed by atoms with Gasteiger partial charge >= 0.3 is 12.3 Å². The van der Waals surface area contributed by atoms with Gasteiger partial charge in [-0.3, -0.25) is 4.98 Å². The van der Waals surface area contributed by atoms with E-state index in [-0.39, 0.29) is 18.0 Å². The van der Waals surface area contributed by atoms with Crippen molar-refractivity contribution in [3.8, 4) is 5.88 Å². The molecular formula is C17H14F3N3O3. The molecule has 0 radical (unpaired) electrons. The molecule has 0 aliphatic heterocycles. The molecule has 2 heterocycles. The molecule has 0 aliphatic carbocycles. The van der Waals surface area contributed by atoms with Gasteiger partial charge in [0.1, 0.15) is 5.69 Å². The molecule has 3 aromatic rings. The molecule has 0 saturated heterocycles. The molecule has 0 aliphatic rings. The van der Waals surface area contributed by atoms with Crippen molar-refractivity contribution >= 4 is 28.4 Å². The van der Waals surface area contributed by atoms with Gasteiger partial charge in [0.2, 0.25) is 5.88 Å². The van der Waals surface area contributed by atoms with Gasteiger partial charge in [-0.2, -0.15) is 13.2 Å². The normalized spacial score (nSPS) is 11.4. The lowest BCUT2D eigenvalue weighted by Crippen LogP contribution is -2.11. The predicted octanol–water partition coefficient (Wildman–Crippen LogP) is 4.86. The standard InChI is InChI=1S/C17H14F3N3O3/c1-2-25-16(24)26-15-14(22-11-5-7-21-8-6-11)12-4-3-10(17(18,19)20)9-13(12)23-15/h3-9,23H,2H2,1H3,(H,21,22). The second kappa shape index (κ2) is 6.95. The number of carbonyl (C=O) groups is 1. The monoisotopic (exact) mass is 365 g/mol. The van der Waals surface area contributed by atoms with E-state index in [1.54, 1.807) is 31.5 Å². The lowest BCUT2D eigenvalue weighted by atomic mass is 10.1. The van der Waals surface area contributed by atoms with Crippen molar-refractivity contribution in [2.45, 2.75) is 13.1 Å². The maximum atomic E-state index is 12.9. The summed E-state index contributed by atoms with van der Waals surface area (Å²) in [5.74, 6) is -0.0467. The molecule has 1 aromatic carbocycles. The molecule has 26 heavy (non-hydrogen) atoms. The van der Waals surface area contributed by atoms with Gasteiger partial charge in [0.15, 0.2) is 0 Å². The van der Waals surface area contributed by atoms with Crippen LogP contribution in [0.1, 0.15) is 12.5 Å². The zero-order chi connectivity index (χ0) is 18.7. The number of nitrogens with zero attached hydrogens (tertiary/aromatic N) is 1. The van der Waals surface area contributed by atoms with Crippen molar-refractivity contribution in [1.29, 1.82) is 0 Å². The number of aromatic nitrogens is 2. The van der Waals surface area contributed by atoms with Crippen LogP contribution in [-0.4, -0.2) is 22.7 Å². The third kappa shape index (κ3) is 3.71. The molecule has 0 fully saturated rings. The number of pyridine rings is 1. The number of hydrogen-bond donors (Lipinski definition) is 2. The fourth-order valence-electron chi connectivity index (χ4n) is 2.36. The molecule has 0 atom stereocenters. The van der Waals surface area contributed by atoms with Crippen LogP contribution in [0.25, 0.3) is 10.9 Å². The van der Waals surface area contributed by atoms with E-state index >= 15 is 0 Å². The van der Waals surface area contributed by atoms with E-state index in [1.165, 1.54) is 6.07 Å². The first kappa shape index (κ1) is 17.6. The summed E-state index contributed by atoms with van der Waals surface area (Å²) < 4.78 is 48.6. The molecule has 0 amide bonds. The van der Waals surface area contributed by atoms with E-state index in [4.69, 9.17) is 9.47 Å². The number of benzene rings is 1. The molecule has 0 spiro atoms. The maximum absolute atomic E-state index is 12.9. The van der Waals surface area contributed by atoms with Gasteiger partial charge in [0, 0.05) is 23.5 Å². The van der Waals surface area contributed by atoms with Gasteiger partial charge in [-0.1, -0.05) is 0 Å². The Morgan fingerprint density at radius 1 is 1.23 bits per heavy atom. The first-order valence-electron chi connectivity index (χ1n) is 7.63. The molecule has 3 rings (SSSR count). The van der Waals surface area contributed by atoms with E-state index in [9.17, 15) is 18.0 Å². The van der Waals surface area contributed by atoms with Crippen LogP contribution in [0.15, 0.2) is 42.7 Å². The number of aromatic amines is 1. The molecule has 2 N–H and O–H groups in total. The number of hydrogen-bond acceptors (Lipinski definition) is 5. The highest BCUT2D eigenvalue weighted by molar-refractivity contribution is 5.98. The molecule has 136 valence electrons. The van der Waals surface area contributed by atoms with Crippen LogP contribution in [0.4, 0.5) is 29.3 Å². The number of halogens is 3. The summed E-state index contributed by atoms with van der Waals surface area (Å²) in [7, 11) is 0. The van der Waals surface area contributed by atoms with Crippen molar-refractivity contribution in [1.82, 2.24) is 9.97 Å². The van der Waals surface area contributed by atoms with Crippen LogP contribution in [0, 0.1) is 0 Å². The Bertz CT molecular complexity index is 923. The van der Waals surface area contributed by atoms with E-state index in [0.717, 1.165) is 12.1 Å². The third-order valence-corrected chi connectivity index (χ3v) is 3.49. The number of fused-ring (bicyclic) bond motifs is 1. The molecule has 9 heteroatoms. The van der Waals surface area contributed by atoms with Crippen LogP contribution in [0.5, 0.6) is 5.88 Å². The van der Waals surface area contributed by atoms with Crippen molar-refractivity contribution in [2.24, 2.45) is 0 Å². The predicted molar refractivity (Wildman–Crippen MR) is 88.5 cm³/mol. The number of carbonyl (C=O) groups excluding carboxylic acids is 1. The highest BCUT2D eigenvalue weighted by Crippen LogP contribution is 2.39. The van der Waals surface area contributed by atoms with Gasteiger partial charge in [-0.05, 0) is 37.3 Å². The lowest BCUT2D eigenvalue weighted by molar-refractivity contribution is -0.137. The topological polar surface area (TPSA) is 76.2 Å². The lowest BCUT2D eigenvalue weighted by Gasteiger charge is -2.09. The number of anilines is 2. The van der Waals surface area contributed by atoms with Crippen LogP contribution in [0.3, 0.4) is 0 Å². The summed E-state index contributed by atoms with van der Waals surface area (Å²) in [4.78, 5) is 18.2. The van der Waals surface area contributed by atoms with E-state index in [0.29, 0.717) is 16.8 Å². The van der Waals surface area contributed by atoms with Crippen molar-refractivity contribution in [3.05, 3.63) is 48.3 Å². The van der Waals surface area contributed by atoms with Crippen molar-refractivity contribution < 1.29 is 27.4 Å². The Labute approximate surface area is 145 Å². The Balaban J connectivity index is 2.06. The summed E-state index contributed by atoms with van der Waals surface area (Å²) in [5.41, 5.74) is 0.280. The fourth-order valence-corrected chi connectivity index (χ4v) is 2.36. The zero-order valence-corrected chi connectivity index (χ0v) is 13.6. The quantitative estimate of drug-likeness (QED) is 0.646. The minimum atomic E-state index is -4.49. The van der Waals surface area contributed by atoms with Crippen LogP contribution < -0.4 is 10.1 Å². The Morgan fingerprint density at radius 3 is 2.62 bits per heavy atom. The summed E-state index contributed by atoms with van der Waals surface area (Å²) in [5, 5.41) is 3.44. The molecule has 0 unspecified atom stereocenters. The zero-order valence-electron chi connectivity index (χ0n) is 13.6. The Kier molecular flexibility index (Phi) is 4.70. The van der Waals surface area contributed by atoms with Crippen LogP contribution in [0.2, 0.25) is 0 Å².